The van der Waals surface area contributed by atoms with Gasteiger partial charge >= 0.3 is 6.18 Å². The van der Waals surface area contributed by atoms with Gasteiger partial charge in [-0.25, -0.2) is 0 Å². The number of alkyl halides is 3. The first-order valence-electron chi connectivity index (χ1n) is 10.9. The molecule has 182 valence electrons. The largest absolute Gasteiger partial charge is 0.486 e. The van der Waals surface area contributed by atoms with E-state index in [1.807, 2.05) is 0 Å². The number of carbonyl (C=O) groups is 1. The molecule has 2 heterocycles. The van der Waals surface area contributed by atoms with E-state index in [0.29, 0.717) is 56.7 Å². The molecule has 8 nitrogen and oxygen atoms in total. The molecule has 1 fully saturated rings. The third-order valence-electron chi connectivity index (χ3n) is 5.30. The molecule has 1 amide bonds. The molecule has 2 N–H and O–H groups in total. The molecule has 2 aromatic rings. The van der Waals surface area contributed by atoms with Gasteiger partial charge < -0.3 is 19.5 Å². The summed E-state index contributed by atoms with van der Waals surface area (Å²) in [5.41, 5.74) is -0.127. The Balaban J connectivity index is 1.47. The predicted octanol–water partition coefficient (Wildman–Crippen LogP) is 3.01. The molecular formula is C23H25F3N4O4. The number of morpholine rings is 1. The maximum absolute atomic E-state index is 12.8. The molecule has 0 unspecified atom stereocenters. The number of halogens is 3. The van der Waals surface area contributed by atoms with Gasteiger partial charge in [-0.15, -0.1) is 0 Å². The van der Waals surface area contributed by atoms with E-state index in [-0.39, 0.29) is 11.5 Å². The third kappa shape index (κ3) is 6.39. The quantitative estimate of drug-likeness (QED) is 0.508. The second-order valence-corrected chi connectivity index (χ2v) is 7.70. The zero-order valence-corrected chi connectivity index (χ0v) is 18.4. The number of nitrogens with zero attached hydrogens (tertiary/aromatic N) is 2. The molecule has 2 aliphatic rings. The molecule has 0 aliphatic carbocycles. The van der Waals surface area contributed by atoms with E-state index >= 15 is 0 Å². The highest BCUT2D eigenvalue weighted by Crippen LogP contribution is 2.32. The number of nitrogens with one attached hydrogen (secondary N) is 2. The van der Waals surface area contributed by atoms with Crippen LogP contribution in [0.1, 0.15) is 15.9 Å². The van der Waals surface area contributed by atoms with Crippen molar-refractivity contribution < 1.29 is 32.2 Å². The lowest BCUT2D eigenvalue weighted by molar-refractivity contribution is -0.137. The highest BCUT2D eigenvalue weighted by atomic mass is 19.4. The fourth-order valence-corrected chi connectivity index (χ4v) is 3.49. The third-order valence-corrected chi connectivity index (χ3v) is 5.30. The smallest absolute Gasteiger partial charge is 0.416 e. The first-order valence-corrected chi connectivity index (χ1v) is 10.9. The fraction of sp³-hybridized carbons (Fsp3) is 0.391. The van der Waals surface area contributed by atoms with Crippen LogP contribution in [0.4, 0.5) is 18.9 Å². The summed E-state index contributed by atoms with van der Waals surface area (Å²) in [6, 6.07) is 9.25. The zero-order valence-electron chi connectivity index (χ0n) is 18.4. The second kappa shape index (κ2) is 10.7. The Bertz CT molecular complexity index is 1020. The van der Waals surface area contributed by atoms with Crippen molar-refractivity contribution in [3.8, 4) is 11.5 Å². The summed E-state index contributed by atoms with van der Waals surface area (Å²) in [4.78, 5) is 19.4. The highest BCUT2D eigenvalue weighted by Gasteiger charge is 2.30. The van der Waals surface area contributed by atoms with Gasteiger partial charge in [0, 0.05) is 37.0 Å². The summed E-state index contributed by atoms with van der Waals surface area (Å²) < 4.78 is 54.9. The average molecular weight is 478 g/mol. The molecule has 0 saturated carbocycles. The number of rotatable bonds is 5. The van der Waals surface area contributed by atoms with Gasteiger partial charge in [-0.3, -0.25) is 20.0 Å². The van der Waals surface area contributed by atoms with Gasteiger partial charge in [0.25, 0.3) is 5.91 Å². The molecule has 4 rings (SSSR count). The molecule has 0 spiro atoms. The van der Waals surface area contributed by atoms with E-state index in [9.17, 15) is 18.0 Å². The van der Waals surface area contributed by atoms with Crippen LogP contribution in [0.2, 0.25) is 0 Å². The van der Waals surface area contributed by atoms with Crippen LogP contribution >= 0.6 is 0 Å². The molecule has 0 atom stereocenters. The number of hydrogen-bond acceptors (Lipinski definition) is 6. The van der Waals surface area contributed by atoms with E-state index in [1.54, 1.807) is 18.2 Å². The zero-order chi connectivity index (χ0) is 24.0. The Morgan fingerprint density at radius 3 is 2.38 bits per heavy atom. The number of ether oxygens (including phenoxy) is 3. The Labute approximate surface area is 194 Å². The Morgan fingerprint density at radius 1 is 0.971 bits per heavy atom. The fourth-order valence-electron chi connectivity index (χ4n) is 3.49. The van der Waals surface area contributed by atoms with Gasteiger partial charge in [-0.1, -0.05) is 0 Å². The van der Waals surface area contributed by atoms with Gasteiger partial charge in [-0.2, -0.15) is 13.2 Å². The van der Waals surface area contributed by atoms with E-state index in [0.717, 1.165) is 37.4 Å². The second-order valence-electron chi connectivity index (χ2n) is 7.70. The molecule has 1 saturated heterocycles. The lowest BCUT2D eigenvalue weighted by Crippen LogP contribution is -2.39. The topological polar surface area (TPSA) is 84.4 Å². The van der Waals surface area contributed by atoms with Crippen LogP contribution in [-0.2, 0) is 10.9 Å². The minimum Gasteiger partial charge on any atom is -0.486 e. The number of guanidine groups is 1. The first-order chi connectivity index (χ1) is 16.4. The van der Waals surface area contributed by atoms with Crippen molar-refractivity contribution in [3.63, 3.8) is 0 Å². The molecule has 34 heavy (non-hydrogen) atoms. The lowest BCUT2D eigenvalue weighted by Gasteiger charge is -2.25. The summed E-state index contributed by atoms with van der Waals surface area (Å²) in [7, 11) is 0. The summed E-state index contributed by atoms with van der Waals surface area (Å²) in [5, 5.41) is 5.72. The van der Waals surface area contributed by atoms with Gasteiger partial charge in [0.1, 0.15) is 13.2 Å². The number of carbonyl (C=O) groups excluding carboxylic acids is 1. The standard InChI is InChI=1S/C23H25F3N4O4/c24-23(25,26)17-3-1-16(2-4-17)21(31)29-22(27-7-8-30-9-11-32-12-10-30)28-18-5-6-19-20(15-18)34-14-13-33-19/h1-6,15H,7-14H2,(H2,27,28,29,31). The molecule has 0 bridgehead atoms. The molecule has 11 heteroatoms. The van der Waals surface area contributed by atoms with Crippen molar-refractivity contribution in [3.05, 3.63) is 53.6 Å². The van der Waals surface area contributed by atoms with E-state index < -0.39 is 17.6 Å². The number of anilines is 1. The Hall–Kier alpha value is -3.31. The van der Waals surface area contributed by atoms with E-state index in [4.69, 9.17) is 14.2 Å². The number of benzene rings is 2. The maximum atomic E-state index is 12.8. The van der Waals surface area contributed by atoms with Gasteiger partial charge in [0.05, 0.1) is 25.3 Å². The van der Waals surface area contributed by atoms with Crippen molar-refractivity contribution in [1.82, 2.24) is 10.2 Å². The summed E-state index contributed by atoms with van der Waals surface area (Å²) in [6.45, 7) is 4.91. The van der Waals surface area contributed by atoms with Gasteiger partial charge in [-0.05, 0) is 36.4 Å². The van der Waals surface area contributed by atoms with Crippen LogP contribution in [0.25, 0.3) is 0 Å². The van der Waals surface area contributed by atoms with Crippen LogP contribution < -0.4 is 20.1 Å². The molecular weight excluding hydrogens is 453 g/mol. The summed E-state index contributed by atoms with van der Waals surface area (Å²) in [6.07, 6.45) is -4.47. The molecule has 2 aliphatic heterocycles. The van der Waals surface area contributed by atoms with Crippen LogP contribution in [0.5, 0.6) is 11.5 Å². The highest BCUT2D eigenvalue weighted by molar-refractivity contribution is 6.10. The maximum Gasteiger partial charge on any atom is 0.416 e. The van der Waals surface area contributed by atoms with E-state index in [2.05, 4.69) is 20.5 Å². The minimum absolute atomic E-state index is 0.0813. The van der Waals surface area contributed by atoms with Crippen LogP contribution in [-0.4, -0.2) is 69.4 Å². The van der Waals surface area contributed by atoms with Gasteiger partial charge in [0.15, 0.2) is 11.5 Å². The number of fused-ring (bicyclic) bond motifs is 1. The van der Waals surface area contributed by atoms with Crippen molar-refractivity contribution in [2.24, 2.45) is 4.99 Å². The van der Waals surface area contributed by atoms with Crippen LogP contribution in [0.15, 0.2) is 47.5 Å². The Morgan fingerprint density at radius 2 is 1.68 bits per heavy atom. The lowest BCUT2D eigenvalue weighted by atomic mass is 10.1. The molecule has 2 aromatic carbocycles. The van der Waals surface area contributed by atoms with Crippen LogP contribution in [0.3, 0.4) is 0 Å². The average Bonchev–Trinajstić information content (AvgIpc) is 2.84. The predicted molar refractivity (Wildman–Crippen MR) is 120 cm³/mol. The SMILES string of the molecule is O=C(NC(=NCCN1CCOCC1)Nc1ccc2c(c1)OCCO2)c1ccc(C(F)(F)F)cc1. The Kier molecular flexibility index (Phi) is 7.53. The first kappa shape index (κ1) is 23.8. The normalized spacial score (nSPS) is 16.7. The van der Waals surface area contributed by atoms with Gasteiger partial charge in [0.2, 0.25) is 5.96 Å². The monoisotopic (exact) mass is 478 g/mol. The minimum atomic E-state index is -4.47. The van der Waals surface area contributed by atoms with Crippen molar-refractivity contribution >= 4 is 17.6 Å². The number of aliphatic imine (C=N–C) groups is 1. The van der Waals surface area contributed by atoms with Crippen molar-refractivity contribution in [1.29, 1.82) is 0 Å². The van der Waals surface area contributed by atoms with Crippen molar-refractivity contribution in [2.75, 3.05) is 57.9 Å². The van der Waals surface area contributed by atoms with Crippen LogP contribution in [0, 0.1) is 0 Å². The molecule has 0 aromatic heterocycles. The molecule has 0 radical (unpaired) electrons. The summed E-state index contributed by atoms with van der Waals surface area (Å²) >= 11 is 0. The number of amides is 1. The number of hydrogen-bond donors (Lipinski definition) is 2. The van der Waals surface area contributed by atoms with Crippen molar-refractivity contribution in [2.45, 2.75) is 6.18 Å². The van der Waals surface area contributed by atoms with E-state index in [1.165, 1.54) is 0 Å². The summed E-state index contributed by atoms with van der Waals surface area (Å²) in [5.74, 6) is 0.785.